The Morgan fingerprint density at radius 3 is 2.31 bits per heavy atom. The fourth-order valence-corrected chi connectivity index (χ4v) is 3.98. The van der Waals surface area contributed by atoms with E-state index in [1.165, 1.54) is 42.7 Å². The smallest absolute Gasteiger partial charge is 0.269 e. The summed E-state index contributed by atoms with van der Waals surface area (Å²) >= 11 is 0. The van der Waals surface area contributed by atoms with Crippen molar-refractivity contribution < 1.29 is 14.5 Å². The molecular formula is C24H30N4O4. The number of carbonyl (C=O) groups excluding carboxylic acids is 2. The summed E-state index contributed by atoms with van der Waals surface area (Å²) in [6.07, 6.45) is 5.61. The van der Waals surface area contributed by atoms with Gasteiger partial charge in [-0.3, -0.25) is 30.6 Å². The Morgan fingerprint density at radius 2 is 1.66 bits per heavy atom. The molecule has 0 spiro atoms. The Hall–Kier alpha value is -3.26. The molecule has 170 valence electrons. The fraction of sp³-hybridized carbons (Fsp3) is 0.417. The van der Waals surface area contributed by atoms with Gasteiger partial charge in [0.05, 0.1) is 4.92 Å². The monoisotopic (exact) mass is 438 g/mol. The number of unbranched alkanes of at least 4 members (excludes halogenated alkanes) is 1. The highest BCUT2D eigenvalue weighted by molar-refractivity contribution is 5.95. The lowest BCUT2D eigenvalue weighted by molar-refractivity contribution is -0.384. The molecule has 8 heteroatoms. The van der Waals surface area contributed by atoms with Crippen LogP contribution in [0.5, 0.6) is 0 Å². The predicted molar refractivity (Wildman–Crippen MR) is 122 cm³/mol. The Balaban J connectivity index is 1.25. The van der Waals surface area contributed by atoms with E-state index < -0.39 is 10.8 Å². The van der Waals surface area contributed by atoms with Gasteiger partial charge in [-0.25, -0.2) is 0 Å². The van der Waals surface area contributed by atoms with Crippen LogP contribution in [0.1, 0.15) is 48.0 Å². The summed E-state index contributed by atoms with van der Waals surface area (Å²) in [6.45, 7) is 3.20. The molecule has 0 unspecified atom stereocenters. The summed E-state index contributed by atoms with van der Waals surface area (Å²) in [5.41, 5.74) is 6.31. The second-order valence-corrected chi connectivity index (χ2v) is 8.24. The van der Waals surface area contributed by atoms with Crippen molar-refractivity contribution in [2.24, 2.45) is 5.92 Å². The molecular weight excluding hydrogens is 408 g/mol. The van der Waals surface area contributed by atoms with Crippen molar-refractivity contribution in [1.29, 1.82) is 0 Å². The van der Waals surface area contributed by atoms with Gasteiger partial charge in [0.15, 0.2) is 0 Å². The number of hydrazine groups is 1. The number of hydrogen-bond donors (Lipinski definition) is 2. The first-order chi connectivity index (χ1) is 15.5. The quantitative estimate of drug-likeness (QED) is 0.354. The first-order valence-corrected chi connectivity index (χ1v) is 11.1. The van der Waals surface area contributed by atoms with E-state index in [4.69, 9.17) is 0 Å². The zero-order valence-corrected chi connectivity index (χ0v) is 18.2. The van der Waals surface area contributed by atoms with Crippen molar-refractivity contribution in [3.8, 4) is 0 Å². The van der Waals surface area contributed by atoms with E-state index >= 15 is 0 Å². The first kappa shape index (κ1) is 23.4. The SMILES string of the molecule is O=C(CCCCN1CCC(Cc2ccccc2)CC1)NNC(=O)c1ccc([N+](=O)[O-])cc1. The van der Waals surface area contributed by atoms with Crippen molar-refractivity contribution in [3.05, 3.63) is 75.8 Å². The largest absolute Gasteiger partial charge is 0.303 e. The van der Waals surface area contributed by atoms with Crippen molar-refractivity contribution in [2.75, 3.05) is 19.6 Å². The topological polar surface area (TPSA) is 105 Å². The van der Waals surface area contributed by atoms with Crippen LogP contribution in [0.2, 0.25) is 0 Å². The van der Waals surface area contributed by atoms with Crippen LogP contribution in [0.4, 0.5) is 5.69 Å². The number of non-ortho nitro benzene ring substituents is 1. The third-order valence-electron chi connectivity index (χ3n) is 5.86. The number of benzene rings is 2. The van der Waals surface area contributed by atoms with Gasteiger partial charge >= 0.3 is 0 Å². The van der Waals surface area contributed by atoms with E-state index in [-0.39, 0.29) is 17.2 Å². The molecule has 3 rings (SSSR count). The summed E-state index contributed by atoms with van der Waals surface area (Å²) in [5.74, 6) is -0.00718. The van der Waals surface area contributed by atoms with E-state index in [1.54, 1.807) is 0 Å². The summed E-state index contributed by atoms with van der Waals surface area (Å²) < 4.78 is 0. The minimum atomic E-state index is -0.531. The van der Waals surface area contributed by atoms with E-state index in [1.807, 2.05) is 0 Å². The van der Waals surface area contributed by atoms with Crippen LogP contribution in [0.15, 0.2) is 54.6 Å². The number of hydrogen-bond acceptors (Lipinski definition) is 5. The molecule has 1 aliphatic heterocycles. The molecule has 2 aromatic carbocycles. The number of nitrogens with zero attached hydrogens (tertiary/aromatic N) is 2. The Bertz CT molecular complexity index is 894. The molecule has 2 aromatic rings. The lowest BCUT2D eigenvalue weighted by atomic mass is 9.90. The lowest BCUT2D eigenvalue weighted by Gasteiger charge is -2.32. The number of piperidine rings is 1. The third-order valence-corrected chi connectivity index (χ3v) is 5.86. The van der Waals surface area contributed by atoms with Crippen molar-refractivity contribution in [3.63, 3.8) is 0 Å². The molecule has 8 nitrogen and oxygen atoms in total. The average molecular weight is 439 g/mol. The second kappa shape index (κ2) is 12.0. The molecule has 32 heavy (non-hydrogen) atoms. The maximum Gasteiger partial charge on any atom is 0.269 e. The highest BCUT2D eigenvalue weighted by Crippen LogP contribution is 2.22. The zero-order chi connectivity index (χ0) is 22.8. The third kappa shape index (κ3) is 7.46. The number of likely N-dealkylation sites (tertiary alicyclic amines) is 1. The highest BCUT2D eigenvalue weighted by atomic mass is 16.6. The molecule has 0 radical (unpaired) electrons. The van der Waals surface area contributed by atoms with Crippen LogP contribution < -0.4 is 10.9 Å². The molecule has 0 bridgehead atoms. The van der Waals surface area contributed by atoms with Gasteiger partial charge in [-0.15, -0.1) is 0 Å². The molecule has 0 aromatic heterocycles. The Morgan fingerprint density at radius 1 is 0.969 bits per heavy atom. The van der Waals surface area contributed by atoms with E-state index in [0.29, 0.717) is 6.42 Å². The molecule has 0 aliphatic carbocycles. The predicted octanol–water partition coefficient (Wildman–Crippen LogP) is 3.48. The van der Waals surface area contributed by atoms with Crippen LogP contribution >= 0.6 is 0 Å². The van der Waals surface area contributed by atoms with Gasteiger partial charge in [0, 0.05) is 24.1 Å². The van der Waals surface area contributed by atoms with Gasteiger partial charge in [-0.05, 0) is 75.4 Å². The average Bonchev–Trinajstić information content (AvgIpc) is 2.82. The van der Waals surface area contributed by atoms with Gasteiger partial charge in [-0.2, -0.15) is 0 Å². The van der Waals surface area contributed by atoms with Gasteiger partial charge in [0.1, 0.15) is 0 Å². The summed E-state index contributed by atoms with van der Waals surface area (Å²) in [5, 5.41) is 10.7. The fourth-order valence-electron chi connectivity index (χ4n) is 3.98. The van der Waals surface area contributed by atoms with Gasteiger partial charge in [-0.1, -0.05) is 30.3 Å². The lowest BCUT2D eigenvalue weighted by Crippen LogP contribution is -2.41. The van der Waals surface area contributed by atoms with Gasteiger partial charge < -0.3 is 4.90 Å². The zero-order valence-electron chi connectivity index (χ0n) is 18.2. The van der Waals surface area contributed by atoms with Gasteiger partial charge in [0.25, 0.3) is 11.6 Å². The number of nitro benzene ring substituents is 1. The molecule has 1 saturated heterocycles. The van der Waals surface area contributed by atoms with Crippen molar-refractivity contribution in [2.45, 2.75) is 38.5 Å². The number of rotatable bonds is 9. The van der Waals surface area contributed by atoms with E-state index in [9.17, 15) is 19.7 Å². The van der Waals surface area contributed by atoms with Crippen molar-refractivity contribution >= 4 is 17.5 Å². The Labute approximate surface area is 188 Å². The molecule has 1 fully saturated rings. The van der Waals surface area contributed by atoms with E-state index in [2.05, 4.69) is 46.1 Å². The molecule has 2 N–H and O–H groups in total. The Kier molecular flexibility index (Phi) is 8.74. The summed E-state index contributed by atoms with van der Waals surface area (Å²) in [6, 6.07) is 15.9. The number of nitrogens with one attached hydrogen (secondary N) is 2. The van der Waals surface area contributed by atoms with Crippen molar-refractivity contribution in [1.82, 2.24) is 15.8 Å². The van der Waals surface area contributed by atoms with Crippen LogP contribution in [0, 0.1) is 16.0 Å². The molecule has 1 heterocycles. The highest BCUT2D eigenvalue weighted by Gasteiger charge is 2.19. The summed E-state index contributed by atoms with van der Waals surface area (Å²) in [7, 11) is 0. The van der Waals surface area contributed by atoms with Gasteiger partial charge in [0.2, 0.25) is 5.91 Å². The summed E-state index contributed by atoms with van der Waals surface area (Å²) in [4.78, 5) is 36.6. The number of amides is 2. The van der Waals surface area contributed by atoms with Crippen LogP contribution in [-0.4, -0.2) is 41.3 Å². The normalized spacial score (nSPS) is 14.6. The van der Waals surface area contributed by atoms with Crippen LogP contribution in [0.3, 0.4) is 0 Å². The second-order valence-electron chi connectivity index (χ2n) is 8.24. The number of nitro groups is 1. The van der Waals surface area contributed by atoms with E-state index in [0.717, 1.165) is 44.8 Å². The molecule has 0 saturated carbocycles. The number of carbonyl (C=O) groups is 2. The minimum absolute atomic E-state index is 0.0917. The molecule has 2 amide bonds. The van der Waals surface area contributed by atoms with Crippen LogP contribution in [0.25, 0.3) is 0 Å². The standard InChI is InChI=1S/C24H30N4O4/c29-23(25-26-24(30)21-9-11-22(12-10-21)28(31)32)8-4-5-15-27-16-13-20(14-17-27)18-19-6-2-1-3-7-19/h1-3,6-7,9-12,20H,4-5,8,13-18H2,(H,25,29)(H,26,30). The van der Waals surface area contributed by atoms with Crippen LogP contribution in [-0.2, 0) is 11.2 Å². The minimum Gasteiger partial charge on any atom is -0.303 e. The molecule has 1 aliphatic rings. The first-order valence-electron chi connectivity index (χ1n) is 11.1. The maximum absolute atomic E-state index is 12.0. The maximum atomic E-state index is 12.0. The molecule has 0 atom stereocenters.